The number of carbonyl (C=O) groups is 1. The maximum atomic E-state index is 13.0. The van der Waals surface area contributed by atoms with Crippen LogP contribution in [0.4, 0.5) is 0 Å². The quantitative estimate of drug-likeness (QED) is 0.827. The summed E-state index contributed by atoms with van der Waals surface area (Å²) in [6.07, 6.45) is 4.70. The van der Waals surface area contributed by atoms with Gasteiger partial charge in [-0.3, -0.25) is 9.69 Å². The molecule has 5 heteroatoms. The van der Waals surface area contributed by atoms with Crippen molar-refractivity contribution in [1.82, 2.24) is 14.7 Å². The Hall–Kier alpha value is -1.59. The largest absolute Gasteiger partial charge is 0.486 e. The van der Waals surface area contributed by atoms with Crippen LogP contribution in [-0.4, -0.2) is 78.6 Å². The van der Waals surface area contributed by atoms with E-state index in [4.69, 9.17) is 4.74 Å². The summed E-state index contributed by atoms with van der Waals surface area (Å²) >= 11 is 0. The smallest absolute Gasteiger partial charge is 0.240 e. The molecule has 0 aromatic heterocycles. The highest BCUT2D eigenvalue weighted by Crippen LogP contribution is 2.29. The standard InChI is InChI=1S/C21H31N3O2/c1-16-6-3-4-8-20(16)26-18-14-23(15-18)21(25)19-7-5-11-24(19)17-9-12-22(2)13-10-17/h3-4,6,8,17-19H,5,7,9-15H2,1-2H3/t19-/m0/s1. The van der Waals surface area contributed by atoms with Crippen molar-refractivity contribution in [3.8, 4) is 5.75 Å². The second-order valence-corrected chi connectivity index (χ2v) is 8.18. The van der Waals surface area contributed by atoms with Crippen molar-refractivity contribution in [2.45, 2.75) is 50.8 Å². The molecule has 1 atom stereocenters. The van der Waals surface area contributed by atoms with Crippen molar-refractivity contribution in [2.75, 3.05) is 39.8 Å². The number of carbonyl (C=O) groups excluding carboxylic acids is 1. The molecule has 3 saturated heterocycles. The van der Waals surface area contributed by atoms with Gasteiger partial charge in [0.25, 0.3) is 0 Å². The molecule has 1 amide bonds. The lowest BCUT2D eigenvalue weighted by Crippen LogP contribution is -2.61. The maximum absolute atomic E-state index is 13.0. The number of likely N-dealkylation sites (tertiary alicyclic amines) is 3. The number of nitrogens with zero attached hydrogens (tertiary/aromatic N) is 3. The first kappa shape index (κ1) is 17.8. The van der Waals surface area contributed by atoms with Crippen LogP contribution in [0.1, 0.15) is 31.2 Å². The fraction of sp³-hybridized carbons (Fsp3) is 0.667. The van der Waals surface area contributed by atoms with Gasteiger partial charge in [-0.1, -0.05) is 18.2 Å². The van der Waals surface area contributed by atoms with Gasteiger partial charge >= 0.3 is 0 Å². The number of piperidine rings is 1. The highest BCUT2D eigenvalue weighted by molar-refractivity contribution is 5.83. The lowest BCUT2D eigenvalue weighted by Gasteiger charge is -2.43. The van der Waals surface area contributed by atoms with Crippen molar-refractivity contribution >= 4 is 5.91 Å². The van der Waals surface area contributed by atoms with E-state index >= 15 is 0 Å². The van der Waals surface area contributed by atoms with Crippen LogP contribution in [-0.2, 0) is 4.79 Å². The first-order chi connectivity index (χ1) is 12.6. The predicted octanol–water partition coefficient (Wildman–Crippen LogP) is 2.14. The minimum absolute atomic E-state index is 0.0998. The van der Waals surface area contributed by atoms with Gasteiger partial charge in [-0.25, -0.2) is 0 Å². The number of amides is 1. The van der Waals surface area contributed by atoms with Crippen LogP contribution in [0.25, 0.3) is 0 Å². The van der Waals surface area contributed by atoms with Crippen molar-refractivity contribution < 1.29 is 9.53 Å². The van der Waals surface area contributed by atoms with Crippen molar-refractivity contribution in [1.29, 1.82) is 0 Å². The average molecular weight is 357 g/mol. The number of para-hydroxylation sites is 1. The fourth-order valence-corrected chi connectivity index (χ4v) is 4.59. The van der Waals surface area contributed by atoms with Gasteiger partial charge in [0.05, 0.1) is 19.1 Å². The van der Waals surface area contributed by atoms with Crippen LogP contribution in [0.2, 0.25) is 0 Å². The second-order valence-electron chi connectivity index (χ2n) is 8.18. The Labute approximate surface area is 156 Å². The Kier molecular flexibility index (Phi) is 5.18. The zero-order chi connectivity index (χ0) is 18.1. The van der Waals surface area contributed by atoms with Crippen molar-refractivity contribution in [2.24, 2.45) is 0 Å². The third-order valence-electron chi connectivity index (χ3n) is 6.28. The van der Waals surface area contributed by atoms with E-state index in [9.17, 15) is 4.79 Å². The summed E-state index contributed by atoms with van der Waals surface area (Å²) in [5.41, 5.74) is 1.15. The molecule has 0 unspecified atom stereocenters. The molecule has 26 heavy (non-hydrogen) atoms. The van der Waals surface area contributed by atoms with E-state index in [0.717, 1.165) is 56.9 Å². The second kappa shape index (κ2) is 7.57. The molecule has 0 bridgehead atoms. The van der Waals surface area contributed by atoms with E-state index < -0.39 is 0 Å². The van der Waals surface area contributed by atoms with E-state index in [2.05, 4.69) is 29.8 Å². The highest BCUT2D eigenvalue weighted by Gasteiger charge is 2.42. The van der Waals surface area contributed by atoms with Crippen molar-refractivity contribution in [3.05, 3.63) is 29.8 Å². The van der Waals surface area contributed by atoms with E-state index in [1.54, 1.807) is 0 Å². The van der Waals surface area contributed by atoms with Crippen LogP contribution >= 0.6 is 0 Å². The minimum Gasteiger partial charge on any atom is -0.486 e. The van der Waals surface area contributed by atoms with Gasteiger partial charge < -0.3 is 14.5 Å². The van der Waals surface area contributed by atoms with Gasteiger partial charge in [0.2, 0.25) is 5.91 Å². The lowest BCUT2D eigenvalue weighted by atomic mass is 10.0. The summed E-state index contributed by atoms with van der Waals surface area (Å²) in [4.78, 5) is 19.9. The summed E-state index contributed by atoms with van der Waals surface area (Å²) in [6, 6.07) is 8.79. The zero-order valence-electron chi connectivity index (χ0n) is 16.1. The van der Waals surface area contributed by atoms with E-state index in [1.165, 1.54) is 12.8 Å². The number of hydrogen-bond donors (Lipinski definition) is 0. The third kappa shape index (κ3) is 3.60. The predicted molar refractivity (Wildman–Crippen MR) is 102 cm³/mol. The summed E-state index contributed by atoms with van der Waals surface area (Å²) in [6.45, 7) is 6.91. The number of ether oxygens (including phenoxy) is 1. The summed E-state index contributed by atoms with van der Waals surface area (Å²) < 4.78 is 6.07. The van der Waals surface area contributed by atoms with Gasteiger partial charge in [-0.05, 0) is 70.9 Å². The van der Waals surface area contributed by atoms with Gasteiger partial charge in [-0.15, -0.1) is 0 Å². The monoisotopic (exact) mass is 357 g/mol. The molecule has 4 rings (SSSR count). The van der Waals surface area contributed by atoms with Gasteiger partial charge in [-0.2, -0.15) is 0 Å². The molecule has 3 aliphatic rings. The molecule has 0 N–H and O–H groups in total. The Bertz CT molecular complexity index is 636. The molecule has 3 heterocycles. The van der Waals surface area contributed by atoms with Crippen LogP contribution in [0, 0.1) is 6.92 Å². The number of hydrogen-bond acceptors (Lipinski definition) is 4. The van der Waals surface area contributed by atoms with Crippen LogP contribution < -0.4 is 4.74 Å². The number of aryl methyl sites for hydroxylation is 1. The van der Waals surface area contributed by atoms with Crippen molar-refractivity contribution in [3.63, 3.8) is 0 Å². The Morgan fingerprint density at radius 2 is 1.81 bits per heavy atom. The van der Waals surface area contributed by atoms with E-state index in [0.29, 0.717) is 11.9 Å². The van der Waals surface area contributed by atoms with Crippen LogP contribution in [0.5, 0.6) is 5.75 Å². The Balaban J connectivity index is 1.30. The molecule has 1 aromatic carbocycles. The normalized spacial score (nSPS) is 26.1. The molecule has 3 fully saturated rings. The zero-order valence-corrected chi connectivity index (χ0v) is 16.1. The highest BCUT2D eigenvalue weighted by atomic mass is 16.5. The topological polar surface area (TPSA) is 36.0 Å². The third-order valence-corrected chi connectivity index (χ3v) is 6.28. The number of benzene rings is 1. The average Bonchev–Trinajstić information content (AvgIpc) is 3.09. The van der Waals surface area contributed by atoms with E-state index in [1.807, 2.05) is 23.1 Å². The molecular weight excluding hydrogens is 326 g/mol. The maximum Gasteiger partial charge on any atom is 0.240 e. The first-order valence-corrected chi connectivity index (χ1v) is 10.1. The summed E-state index contributed by atoms with van der Waals surface area (Å²) in [5.74, 6) is 1.27. The molecule has 1 aromatic rings. The molecule has 0 spiro atoms. The SMILES string of the molecule is Cc1ccccc1OC1CN(C(=O)[C@@H]2CCCN2C2CCN(C)CC2)C1. The Morgan fingerprint density at radius 1 is 1.08 bits per heavy atom. The van der Waals surface area contributed by atoms with Gasteiger partial charge in [0.1, 0.15) is 11.9 Å². The summed E-state index contributed by atoms with van der Waals surface area (Å²) in [5, 5.41) is 0. The lowest BCUT2D eigenvalue weighted by molar-refractivity contribution is -0.146. The molecule has 5 nitrogen and oxygen atoms in total. The molecular formula is C21H31N3O2. The minimum atomic E-state index is 0.0998. The molecule has 0 saturated carbocycles. The van der Waals surface area contributed by atoms with Gasteiger partial charge in [0, 0.05) is 6.04 Å². The van der Waals surface area contributed by atoms with Crippen LogP contribution in [0.15, 0.2) is 24.3 Å². The molecule has 3 aliphatic heterocycles. The van der Waals surface area contributed by atoms with Crippen LogP contribution in [0.3, 0.4) is 0 Å². The first-order valence-electron chi connectivity index (χ1n) is 10.1. The van der Waals surface area contributed by atoms with Gasteiger partial charge in [0.15, 0.2) is 0 Å². The molecule has 0 radical (unpaired) electrons. The van der Waals surface area contributed by atoms with E-state index in [-0.39, 0.29) is 12.1 Å². The molecule has 0 aliphatic carbocycles. The fourth-order valence-electron chi connectivity index (χ4n) is 4.59. The summed E-state index contributed by atoms with van der Waals surface area (Å²) in [7, 11) is 2.19. The number of rotatable bonds is 4. The Morgan fingerprint density at radius 3 is 2.54 bits per heavy atom. The molecule has 142 valence electrons.